The van der Waals surface area contributed by atoms with Crippen molar-refractivity contribution in [2.45, 2.75) is 44.6 Å². The molecule has 0 atom stereocenters. The zero-order valence-electron chi connectivity index (χ0n) is 11.6. The Kier molecular flexibility index (Phi) is 3.24. The quantitative estimate of drug-likeness (QED) is 0.775. The number of carbonyl (C=O) groups excluding carboxylic acids is 2. The summed E-state index contributed by atoms with van der Waals surface area (Å²) in [6, 6.07) is 5.27. The Bertz CT molecular complexity index is 558. The zero-order valence-corrected chi connectivity index (χ0v) is 11.6. The van der Waals surface area contributed by atoms with Gasteiger partial charge >= 0.3 is 0 Å². The summed E-state index contributed by atoms with van der Waals surface area (Å²) in [7, 11) is 0. The molecule has 1 spiro atoms. The van der Waals surface area contributed by atoms with Gasteiger partial charge in [-0.3, -0.25) is 9.59 Å². The summed E-state index contributed by atoms with van der Waals surface area (Å²) in [6.07, 6.45) is 3.12. The van der Waals surface area contributed by atoms with Crippen molar-refractivity contribution in [1.82, 2.24) is 0 Å². The van der Waals surface area contributed by atoms with Gasteiger partial charge in [0.05, 0.1) is 0 Å². The highest BCUT2D eigenvalue weighted by Gasteiger charge is 2.49. The lowest BCUT2D eigenvalue weighted by molar-refractivity contribution is -0.118. The van der Waals surface area contributed by atoms with Gasteiger partial charge < -0.3 is 9.47 Å². The van der Waals surface area contributed by atoms with Gasteiger partial charge in [0.25, 0.3) is 0 Å². The summed E-state index contributed by atoms with van der Waals surface area (Å²) in [5, 5.41) is 0. The summed E-state index contributed by atoms with van der Waals surface area (Å²) in [6.45, 7) is 2.37. The molecule has 0 amide bonds. The van der Waals surface area contributed by atoms with Crippen molar-refractivity contribution in [3.8, 4) is 11.5 Å². The summed E-state index contributed by atoms with van der Waals surface area (Å²) in [5.74, 6) is 1.45. The van der Waals surface area contributed by atoms with Crippen molar-refractivity contribution >= 4 is 11.6 Å². The third-order valence-electron chi connectivity index (χ3n) is 3.92. The minimum Gasteiger partial charge on any atom is -0.486 e. The molecule has 1 aliphatic heterocycles. The van der Waals surface area contributed by atoms with Crippen LogP contribution in [0.25, 0.3) is 0 Å². The molecular formula is C16H18O4. The van der Waals surface area contributed by atoms with E-state index in [-0.39, 0.29) is 23.6 Å². The van der Waals surface area contributed by atoms with E-state index in [1.165, 1.54) is 0 Å². The molecule has 1 aromatic carbocycles. The van der Waals surface area contributed by atoms with Gasteiger partial charge in [-0.05, 0) is 31.0 Å². The topological polar surface area (TPSA) is 52.6 Å². The summed E-state index contributed by atoms with van der Waals surface area (Å²) in [5.41, 5.74) is 0.481. The lowest BCUT2D eigenvalue weighted by Gasteiger charge is -2.26. The van der Waals surface area contributed by atoms with Crippen LogP contribution in [-0.4, -0.2) is 23.8 Å². The molecule has 4 nitrogen and oxygen atoms in total. The van der Waals surface area contributed by atoms with E-state index in [4.69, 9.17) is 9.47 Å². The molecule has 1 fully saturated rings. The first-order valence-electron chi connectivity index (χ1n) is 7.13. The van der Waals surface area contributed by atoms with Crippen LogP contribution in [0, 0.1) is 0 Å². The maximum absolute atomic E-state index is 12.0. The Morgan fingerprint density at radius 3 is 2.70 bits per heavy atom. The third-order valence-corrected chi connectivity index (χ3v) is 3.92. The summed E-state index contributed by atoms with van der Waals surface area (Å²) >= 11 is 0. The van der Waals surface area contributed by atoms with Crippen LogP contribution in [0.2, 0.25) is 0 Å². The number of hydrogen-bond acceptors (Lipinski definition) is 4. The number of fused-ring (bicyclic) bond motifs is 1. The zero-order chi connectivity index (χ0) is 14.2. The van der Waals surface area contributed by atoms with Crippen LogP contribution in [0.15, 0.2) is 18.2 Å². The van der Waals surface area contributed by atoms with Crippen LogP contribution < -0.4 is 9.47 Å². The Balaban J connectivity index is 1.69. The van der Waals surface area contributed by atoms with Crippen LogP contribution in [0.1, 0.15) is 49.4 Å². The van der Waals surface area contributed by atoms with Crippen molar-refractivity contribution < 1.29 is 19.1 Å². The number of rotatable bonds is 5. The fourth-order valence-corrected chi connectivity index (χ4v) is 2.31. The van der Waals surface area contributed by atoms with Gasteiger partial charge in [0.1, 0.15) is 18.0 Å². The predicted molar refractivity (Wildman–Crippen MR) is 73.4 cm³/mol. The van der Waals surface area contributed by atoms with E-state index >= 15 is 0 Å². The first-order valence-corrected chi connectivity index (χ1v) is 7.13. The van der Waals surface area contributed by atoms with Gasteiger partial charge in [-0.15, -0.1) is 0 Å². The summed E-state index contributed by atoms with van der Waals surface area (Å²) < 4.78 is 11.6. The number of carbonyl (C=O) groups is 2. The van der Waals surface area contributed by atoms with Gasteiger partial charge in [0.15, 0.2) is 17.3 Å². The molecule has 1 aliphatic carbocycles. The first kappa shape index (κ1) is 13.2. The molecule has 3 rings (SSSR count). The van der Waals surface area contributed by atoms with Crippen LogP contribution >= 0.6 is 0 Å². The molecule has 0 unspecified atom stereocenters. The first-order chi connectivity index (χ1) is 9.62. The average Bonchev–Trinajstić information content (AvgIpc) is 3.22. The fraction of sp³-hybridized carbons (Fsp3) is 0.500. The van der Waals surface area contributed by atoms with Crippen molar-refractivity contribution in [3.63, 3.8) is 0 Å². The molecule has 1 heterocycles. The minimum absolute atomic E-state index is 0.0232. The van der Waals surface area contributed by atoms with E-state index < -0.39 is 0 Å². The molecule has 0 aromatic heterocycles. The molecule has 2 aliphatic rings. The van der Waals surface area contributed by atoms with Crippen LogP contribution in [0.3, 0.4) is 0 Å². The van der Waals surface area contributed by atoms with Gasteiger partial charge in [-0.1, -0.05) is 6.92 Å². The van der Waals surface area contributed by atoms with E-state index in [0.717, 1.165) is 18.6 Å². The van der Waals surface area contributed by atoms with Crippen molar-refractivity contribution in [2.75, 3.05) is 6.61 Å². The Hall–Kier alpha value is -1.84. The highest BCUT2D eigenvalue weighted by atomic mass is 16.6. The molecule has 0 bridgehead atoms. The Labute approximate surface area is 118 Å². The highest BCUT2D eigenvalue weighted by Crippen LogP contribution is 2.47. The number of hydrogen-bond donors (Lipinski definition) is 0. The molecule has 20 heavy (non-hydrogen) atoms. The van der Waals surface area contributed by atoms with Gasteiger partial charge in [0.2, 0.25) is 0 Å². The summed E-state index contributed by atoms with van der Waals surface area (Å²) in [4.78, 5) is 23.3. The largest absolute Gasteiger partial charge is 0.486 e. The fourth-order valence-electron chi connectivity index (χ4n) is 2.31. The molecule has 0 radical (unpaired) electrons. The van der Waals surface area contributed by atoms with Gasteiger partial charge in [-0.2, -0.15) is 0 Å². The molecular weight excluding hydrogens is 256 g/mol. The van der Waals surface area contributed by atoms with Crippen LogP contribution in [-0.2, 0) is 4.79 Å². The normalized spacial score (nSPS) is 17.9. The number of ether oxygens (including phenoxy) is 2. The standard InChI is InChI=1S/C16H18O4/c1-2-12(17)4-5-13(18)11-3-6-14-15(9-11)19-10-16(20-14)7-8-16/h3,6,9H,2,4-5,7-8,10H2,1H3. The lowest BCUT2D eigenvalue weighted by Crippen LogP contribution is -2.30. The predicted octanol–water partition coefficient (Wildman–Crippen LogP) is 2.93. The van der Waals surface area contributed by atoms with Gasteiger partial charge in [-0.25, -0.2) is 0 Å². The second-order valence-corrected chi connectivity index (χ2v) is 5.55. The van der Waals surface area contributed by atoms with E-state index in [1.807, 2.05) is 6.92 Å². The molecule has 106 valence electrons. The number of ketones is 2. The highest BCUT2D eigenvalue weighted by molar-refractivity contribution is 5.98. The molecule has 1 saturated carbocycles. The molecule has 1 aromatic rings. The maximum Gasteiger partial charge on any atom is 0.163 e. The van der Waals surface area contributed by atoms with Crippen molar-refractivity contribution in [3.05, 3.63) is 23.8 Å². The number of benzene rings is 1. The SMILES string of the molecule is CCC(=O)CCC(=O)c1ccc2c(c1)OCC1(CC1)O2. The van der Waals surface area contributed by atoms with Crippen molar-refractivity contribution in [1.29, 1.82) is 0 Å². The lowest BCUT2D eigenvalue weighted by atomic mass is 10.0. The molecule has 0 N–H and O–H groups in total. The Morgan fingerprint density at radius 2 is 2.00 bits per heavy atom. The molecule has 4 heteroatoms. The van der Waals surface area contributed by atoms with E-state index in [2.05, 4.69) is 0 Å². The smallest absolute Gasteiger partial charge is 0.163 e. The van der Waals surface area contributed by atoms with E-state index in [1.54, 1.807) is 18.2 Å². The van der Waals surface area contributed by atoms with Gasteiger partial charge in [0, 0.05) is 24.8 Å². The van der Waals surface area contributed by atoms with Crippen LogP contribution in [0.5, 0.6) is 11.5 Å². The second kappa shape index (κ2) is 4.93. The average molecular weight is 274 g/mol. The monoisotopic (exact) mass is 274 g/mol. The van der Waals surface area contributed by atoms with Crippen LogP contribution in [0.4, 0.5) is 0 Å². The van der Waals surface area contributed by atoms with E-state index in [9.17, 15) is 9.59 Å². The third kappa shape index (κ3) is 2.55. The maximum atomic E-state index is 12.0. The minimum atomic E-state index is -0.105. The van der Waals surface area contributed by atoms with E-state index in [0.29, 0.717) is 30.8 Å². The Morgan fingerprint density at radius 1 is 1.20 bits per heavy atom. The second-order valence-electron chi connectivity index (χ2n) is 5.55. The van der Waals surface area contributed by atoms with Crippen molar-refractivity contribution in [2.24, 2.45) is 0 Å². The molecule has 0 saturated heterocycles. The number of Topliss-reactive ketones (excluding diaryl/α,β-unsaturated/α-hetero) is 2.